The van der Waals surface area contributed by atoms with Gasteiger partial charge in [-0.15, -0.1) is 0 Å². The number of hydrogen-bond donors (Lipinski definition) is 2. The average Bonchev–Trinajstić information content (AvgIpc) is 3.00. The van der Waals surface area contributed by atoms with Gasteiger partial charge in [0.15, 0.2) is 0 Å². The number of carbonyl (C=O) groups is 2. The van der Waals surface area contributed by atoms with Crippen LogP contribution in [0.5, 0.6) is 0 Å². The molecular weight excluding hydrogens is 418 g/mol. The molecule has 0 aliphatic carbocycles. The van der Waals surface area contributed by atoms with Gasteiger partial charge in [-0.05, 0) is 43.3 Å². The molecule has 2 N–H and O–H groups in total. The zero-order chi connectivity index (χ0) is 21.0. The van der Waals surface area contributed by atoms with Crippen LogP contribution in [0.3, 0.4) is 0 Å². The number of nitrogens with zero attached hydrogens (tertiary/aromatic N) is 2. The summed E-state index contributed by atoms with van der Waals surface area (Å²) in [4.78, 5) is 24.6. The number of halogens is 3. The molecule has 29 heavy (non-hydrogen) atoms. The van der Waals surface area contributed by atoms with Gasteiger partial charge in [-0.25, -0.2) is 9.07 Å². The first-order valence-corrected chi connectivity index (χ1v) is 9.46. The lowest BCUT2D eigenvalue weighted by molar-refractivity contribution is 0.0927. The highest BCUT2D eigenvalue weighted by Crippen LogP contribution is 2.23. The minimum Gasteiger partial charge on any atom is -0.350 e. The quantitative estimate of drug-likeness (QED) is 0.579. The van der Waals surface area contributed by atoms with Gasteiger partial charge in [0.25, 0.3) is 11.8 Å². The first-order valence-electron chi connectivity index (χ1n) is 8.70. The molecule has 2 amide bonds. The van der Waals surface area contributed by atoms with Gasteiger partial charge >= 0.3 is 0 Å². The molecule has 0 fully saturated rings. The summed E-state index contributed by atoms with van der Waals surface area (Å²) in [5, 5.41) is 10.1. The number of aryl methyl sites for hydroxylation is 1. The number of benzene rings is 2. The molecule has 0 unspecified atom stereocenters. The van der Waals surface area contributed by atoms with Crippen LogP contribution in [-0.4, -0.2) is 34.7 Å². The Hall–Kier alpha value is -2.90. The maximum Gasteiger partial charge on any atom is 0.256 e. The predicted octanol–water partition coefficient (Wildman–Crippen LogP) is 3.79. The minimum atomic E-state index is -0.423. The fourth-order valence-electron chi connectivity index (χ4n) is 2.69. The van der Waals surface area contributed by atoms with E-state index in [1.165, 1.54) is 28.9 Å². The Morgan fingerprint density at radius 2 is 1.62 bits per heavy atom. The van der Waals surface area contributed by atoms with Gasteiger partial charge in [-0.2, -0.15) is 5.10 Å². The summed E-state index contributed by atoms with van der Waals surface area (Å²) in [7, 11) is 0. The summed E-state index contributed by atoms with van der Waals surface area (Å²) in [5.41, 5.74) is 1.54. The van der Waals surface area contributed by atoms with Crippen molar-refractivity contribution in [1.82, 2.24) is 20.4 Å². The second-order valence-corrected chi connectivity index (χ2v) is 6.90. The monoisotopic (exact) mass is 434 g/mol. The van der Waals surface area contributed by atoms with Crippen molar-refractivity contribution in [3.63, 3.8) is 0 Å². The Labute approximate surface area is 176 Å². The lowest BCUT2D eigenvalue weighted by Gasteiger charge is -2.08. The molecule has 1 aromatic heterocycles. The van der Waals surface area contributed by atoms with Crippen LogP contribution in [0, 0.1) is 12.7 Å². The predicted molar refractivity (Wildman–Crippen MR) is 109 cm³/mol. The fraction of sp³-hybridized carbons (Fsp3) is 0.150. The zero-order valence-electron chi connectivity index (χ0n) is 15.4. The van der Waals surface area contributed by atoms with Gasteiger partial charge in [-0.3, -0.25) is 9.59 Å². The Morgan fingerprint density at radius 1 is 1.00 bits per heavy atom. The Balaban J connectivity index is 1.61. The fourth-order valence-corrected chi connectivity index (χ4v) is 3.27. The van der Waals surface area contributed by atoms with E-state index in [0.717, 1.165) is 0 Å². The summed E-state index contributed by atoms with van der Waals surface area (Å²) >= 11 is 12.3. The van der Waals surface area contributed by atoms with Gasteiger partial charge in [-0.1, -0.05) is 35.3 Å². The maximum absolute atomic E-state index is 13.1. The molecule has 3 aromatic rings. The molecule has 150 valence electrons. The van der Waals surface area contributed by atoms with E-state index in [-0.39, 0.29) is 35.5 Å². The number of rotatable bonds is 6. The normalized spacial score (nSPS) is 10.6. The van der Waals surface area contributed by atoms with E-state index in [9.17, 15) is 14.0 Å². The molecule has 2 aromatic carbocycles. The standard InChI is InChI=1S/C20H17Cl2FN4O2/c1-12-17(18(22)27(26-12)14-8-6-13(23)7-9-14)20(29)25-11-10-24-19(28)15-4-2-3-5-16(15)21/h2-9H,10-11H2,1H3,(H,24,28)(H,25,29). The van der Waals surface area contributed by atoms with Crippen molar-refractivity contribution in [2.24, 2.45) is 0 Å². The number of amides is 2. The third-order valence-electron chi connectivity index (χ3n) is 4.12. The molecular formula is C20H17Cl2FN4O2. The highest BCUT2D eigenvalue weighted by Gasteiger charge is 2.21. The molecule has 0 radical (unpaired) electrons. The summed E-state index contributed by atoms with van der Waals surface area (Å²) in [6.07, 6.45) is 0. The van der Waals surface area contributed by atoms with Crippen LogP contribution >= 0.6 is 23.2 Å². The van der Waals surface area contributed by atoms with E-state index in [4.69, 9.17) is 23.2 Å². The molecule has 0 saturated heterocycles. The van der Waals surface area contributed by atoms with Crippen molar-refractivity contribution in [2.45, 2.75) is 6.92 Å². The molecule has 0 aliphatic rings. The molecule has 0 atom stereocenters. The Morgan fingerprint density at radius 3 is 2.28 bits per heavy atom. The number of carbonyl (C=O) groups excluding carboxylic acids is 2. The Bertz CT molecular complexity index is 1050. The minimum absolute atomic E-state index is 0.117. The Kier molecular flexibility index (Phi) is 6.51. The highest BCUT2D eigenvalue weighted by atomic mass is 35.5. The first-order chi connectivity index (χ1) is 13.9. The molecule has 9 heteroatoms. The third kappa shape index (κ3) is 4.75. The topological polar surface area (TPSA) is 76.0 Å². The van der Waals surface area contributed by atoms with Crippen molar-refractivity contribution in [3.05, 3.63) is 81.3 Å². The number of nitrogens with one attached hydrogen (secondary N) is 2. The highest BCUT2D eigenvalue weighted by molar-refractivity contribution is 6.34. The van der Waals surface area contributed by atoms with E-state index in [2.05, 4.69) is 15.7 Å². The third-order valence-corrected chi connectivity index (χ3v) is 4.80. The average molecular weight is 435 g/mol. The van der Waals surface area contributed by atoms with E-state index < -0.39 is 5.91 Å². The van der Waals surface area contributed by atoms with E-state index >= 15 is 0 Å². The van der Waals surface area contributed by atoms with Crippen molar-refractivity contribution in [2.75, 3.05) is 13.1 Å². The van der Waals surface area contributed by atoms with Crippen LogP contribution in [0.2, 0.25) is 10.2 Å². The van der Waals surface area contributed by atoms with Crippen molar-refractivity contribution >= 4 is 35.0 Å². The molecule has 6 nitrogen and oxygen atoms in total. The summed E-state index contributed by atoms with van der Waals surface area (Å²) in [6.45, 7) is 2.05. The van der Waals surface area contributed by atoms with Crippen LogP contribution in [0.15, 0.2) is 48.5 Å². The SMILES string of the molecule is Cc1nn(-c2ccc(F)cc2)c(Cl)c1C(=O)NCCNC(=O)c1ccccc1Cl. The van der Waals surface area contributed by atoms with Gasteiger partial charge < -0.3 is 10.6 Å². The molecule has 0 saturated carbocycles. The number of aromatic nitrogens is 2. The van der Waals surface area contributed by atoms with Crippen LogP contribution in [0.1, 0.15) is 26.4 Å². The molecule has 0 aliphatic heterocycles. The first kappa shape index (κ1) is 20.8. The van der Waals surface area contributed by atoms with Crippen LogP contribution in [0.25, 0.3) is 5.69 Å². The van der Waals surface area contributed by atoms with Gasteiger partial charge in [0.05, 0.1) is 27.5 Å². The molecule has 0 spiro atoms. The van der Waals surface area contributed by atoms with Crippen molar-refractivity contribution in [3.8, 4) is 5.69 Å². The number of hydrogen-bond acceptors (Lipinski definition) is 3. The van der Waals surface area contributed by atoms with E-state index in [0.29, 0.717) is 22.0 Å². The van der Waals surface area contributed by atoms with Crippen LogP contribution in [-0.2, 0) is 0 Å². The zero-order valence-corrected chi connectivity index (χ0v) is 16.9. The maximum atomic E-state index is 13.1. The van der Waals surface area contributed by atoms with E-state index in [1.54, 1.807) is 31.2 Å². The summed E-state index contributed by atoms with van der Waals surface area (Å²) in [6, 6.07) is 12.3. The lowest BCUT2D eigenvalue weighted by atomic mass is 10.2. The van der Waals surface area contributed by atoms with E-state index in [1.807, 2.05) is 0 Å². The van der Waals surface area contributed by atoms with Crippen molar-refractivity contribution in [1.29, 1.82) is 0 Å². The van der Waals surface area contributed by atoms with Crippen LogP contribution in [0.4, 0.5) is 4.39 Å². The second-order valence-electron chi connectivity index (χ2n) is 6.13. The van der Waals surface area contributed by atoms with Crippen molar-refractivity contribution < 1.29 is 14.0 Å². The van der Waals surface area contributed by atoms with Gasteiger partial charge in [0.2, 0.25) is 0 Å². The smallest absolute Gasteiger partial charge is 0.256 e. The van der Waals surface area contributed by atoms with Crippen LogP contribution < -0.4 is 10.6 Å². The largest absolute Gasteiger partial charge is 0.350 e. The lowest BCUT2D eigenvalue weighted by Crippen LogP contribution is -2.35. The summed E-state index contributed by atoms with van der Waals surface area (Å²) in [5.74, 6) is -1.14. The van der Waals surface area contributed by atoms with Gasteiger partial charge in [0, 0.05) is 13.1 Å². The molecule has 0 bridgehead atoms. The molecule has 1 heterocycles. The second kappa shape index (κ2) is 9.07. The summed E-state index contributed by atoms with van der Waals surface area (Å²) < 4.78 is 14.5. The molecule has 3 rings (SSSR count). The van der Waals surface area contributed by atoms with Gasteiger partial charge in [0.1, 0.15) is 11.0 Å².